The van der Waals surface area contributed by atoms with Crippen molar-refractivity contribution >= 4 is 21.2 Å². The number of nitrogens with zero attached hydrogens (tertiary/aromatic N) is 2. The van der Waals surface area contributed by atoms with Crippen molar-refractivity contribution in [2.75, 3.05) is 12.4 Å². The van der Waals surface area contributed by atoms with Crippen molar-refractivity contribution in [1.29, 1.82) is 0 Å². The molecular weight excluding hydrogens is 300 g/mol. The fraction of sp³-hybridized carbons (Fsp3) is 0.500. The van der Waals surface area contributed by atoms with Crippen LogP contribution in [0.3, 0.4) is 0 Å². The monoisotopic (exact) mass is 316 g/mol. The summed E-state index contributed by atoms with van der Waals surface area (Å²) in [5.74, 6) is 0.403. The fourth-order valence-corrected chi connectivity index (χ4v) is 3.62. The first kappa shape index (κ1) is 15.1. The maximum absolute atomic E-state index is 11.9. The molecule has 20 heavy (non-hydrogen) atoms. The molecule has 0 bridgehead atoms. The van der Waals surface area contributed by atoms with E-state index in [0.29, 0.717) is 25.2 Å². The molecule has 0 spiro atoms. The molecular formula is C12H16N2O4S2. The standard InChI is InChI=1S/C12H16N2O4S2/c15-5-2-1-3-7-20(16,17)9-11-13-12(18-14-11)10-4-6-19-8-10/h4,6,8,15H,1-3,5,7,9H2. The summed E-state index contributed by atoms with van der Waals surface area (Å²) in [6.45, 7) is 0.0922. The highest BCUT2D eigenvalue weighted by Gasteiger charge is 2.17. The number of hydrogen-bond donors (Lipinski definition) is 1. The average Bonchev–Trinajstić information content (AvgIpc) is 3.04. The number of sulfone groups is 1. The molecule has 0 aliphatic heterocycles. The normalized spacial score (nSPS) is 11.8. The van der Waals surface area contributed by atoms with Crippen molar-refractivity contribution in [3.05, 3.63) is 22.7 Å². The van der Waals surface area contributed by atoms with E-state index in [1.54, 1.807) is 0 Å². The van der Waals surface area contributed by atoms with Gasteiger partial charge >= 0.3 is 0 Å². The summed E-state index contributed by atoms with van der Waals surface area (Å²) in [6.07, 6.45) is 1.86. The molecule has 0 atom stereocenters. The average molecular weight is 316 g/mol. The zero-order valence-electron chi connectivity index (χ0n) is 10.9. The second-order valence-corrected chi connectivity index (χ2v) is 7.37. The smallest absolute Gasteiger partial charge is 0.258 e. The van der Waals surface area contributed by atoms with Gasteiger partial charge in [0.1, 0.15) is 5.75 Å². The van der Waals surface area contributed by atoms with Gasteiger partial charge in [0, 0.05) is 12.0 Å². The highest BCUT2D eigenvalue weighted by molar-refractivity contribution is 7.90. The number of aromatic nitrogens is 2. The molecule has 6 nitrogen and oxygen atoms in total. The molecule has 110 valence electrons. The molecule has 0 unspecified atom stereocenters. The molecule has 0 fully saturated rings. The van der Waals surface area contributed by atoms with Crippen LogP contribution in [0.4, 0.5) is 0 Å². The van der Waals surface area contributed by atoms with Crippen molar-refractivity contribution < 1.29 is 18.0 Å². The van der Waals surface area contributed by atoms with Crippen LogP contribution in [-0.4, -0.2) is 36.0 Å². The molecule has 0 aromatic carbocycles. The van der Waals surface area contributed by atoms with Gasteiger partial charge in [0.2, 0.25) is 0 Å². The van der Waals surface area contributed by atoms with E-state index < -0.39 is 9.84 Å². The van der Waals surface area contributed by atoms with E-state index in [1.165, 1.54) is 11.3 Å². The Balaban J connectivity index is 1.92. The Labute approximate surface area is 121 Å². The Morgan fingerprint density at radius 2 is 2.15 bits per heavy atom. The van der Waals surface area contributed by atoms with Gasteiger partial charge < -0.3 is 9.63 Å². The van der Waals surface area contributed by atoms with E-state index in [9.17, 15) is 8.42 Å². The first-order chi connectivity index (χ1) is 9.61. The Kier molecular flexibility index (Phi) is 5.27. The maximum atomic E-state index is 11.9. The Bertz CT molecular complexity index is 620. The fourth-order valence-electron chi connectivity index (χ4n) is 1.70. The van der Waals surface area contributed by atoms with Crippen molar-refractivity contribution in [2.45, 2.75) is 25.0 Å². The molecule has 0 radical (unpaired) electrons. The molecule has 0 saturated carbocycles. The van der Waals surface area contributed by atoms with Gasteiger partial charge in [-0.05, 0) is 24.3 Å². The molecule has 2 aromatic rings. The number of rotatable bonds is 8. The summed E-state index contributed by atoms with van der Waals surface area (Å²) in [5.41, 5.74) is 0.800. The number of unbranched alkanes of at least 4 members (excludes halogenated alkanes) is 2. The van der Waals surface area contributed by atoms with Crippen molar-refractivity contribution in [3.63, 3.8) is 0 Å². The molecule has 8 heteroatoms. The third-order valence-electron chi connectivity index (χ3n) is 2.70. The van der Waals surface area contributed by atoms with E-state index in [0.717, 1.165) is 5.56 Å². The SMILES string of the molecule is O=S(=O)(CCCCCO)Cc1noc(-c2ccsc2)n1. The summed E-state index contributed by atoms with van der Waals surface area (Å²) in [5, 5.41) is 16.1. The van der Waals surface area contributed by atoms with E-state index >= 15 is 0 Å². The zero-order chi connectivity index (χ0) is 14.4. The lowest BCUT2D eigenvalue weighted by atomic mass is 10.3. The number of hydrogen-bond acceptors (Lipinski definition) is 7. The lowest BCUT2D eigenvalue weighted by Crippen LogP contribution is -2.10. The highest BCUT2D eigenvalue weighted by Crippen LogP contribution is 2.20. The quantitative estimate of drug-likeness (QED) is 0.747. The van der Waals surface area contributed by atoms with Crippen molar-refractivity contribution in [3.8, 4) is 11.5 Å². The molecule has 1 N–H and O–H groups in total. The van der Waals surface area contributed by atoms with Crippen LogP contribution < -0.4 is 0 Å². The van der Waals surface area contributed by atoms with E-state index in [-0.39, 0.29) is 23.9 Å². The van der Waals surface area contributed by atoms with Crippen molar-refractivity contribution in [2.24, 2.45) is 0 Å². The third-order valence-corrected chi connectivity index (χ3v) is 4.99. The number of thiophene rings is 1. The van der Waals surface area contributed by atoms with Gasteiger partial charge in [-0.15, -0.1) is 0 Å². The predicted octanol–water partition coefficient (Wildman–Crippen LogP) is 1.88. The van der Waals surface area contributed by atoms with Crippen LogP contribution in [0.5, 0.6) is 0 Å². The minimum absolute atomic E-state index is 0.0787. The van der Waals surface area contributed by atoms with Gasteiger partial charge in [-0.2, -0.15) is 16.3 Å². The largest absolute Gasteiger partial charge is 0.396 e. The van der Waals surface area contributed by atoms with Crippen LogP contribution in [-0.2, 0) is 15.6 Å². The highest BCUT2D eigenvalue weighted by atomic mass is 32.2. The molecule has 0 aliphatic rings. The van der Waals surface area contributed by atoms with Gasteiger partial charge in [-0.25, -0.2) is 8.42 Å². The second kappa shape index (κ2) is 6.96. The lowest BCUT2D eigenvalue weighted by molar-refractivity contribution is 0.284. The summed E-state index contributed by atoms with van der Waals surface area (Å²) in [6, 6.07) is 1.84. The molecule has 0 amide bonds. The first-order valence-electron chi connectivity index (χ1n) is 6.27. The lowest BCUT2D eigenvalue weighted by Gasteiger charge is -2.00. The zero-order valence-corrected chi connectivity index (χ0v) is 12.5. The van der Waals surface area contributed by atoms with E-state index in [2.05, 4.69) is 10.1 Å². The second-order valence-electron chi connectivity index (χ2n) is 4.40. The maximum Gasteiger partial charge on any atom is 0.258 e. The van der Waals surface area contributed by atoms with E-state index in [4.69, 9.17) is 9.63 Å². The van der Waals surface area contributed by atoms with Crippen LogP contribution in [0.15, 0.2) is 21.3 Å². The predicted molar refractivity (Wildman–Crippen MR) is 76.0 cm³/mol. The summed E-state index contributed by atoms with van der Waals surface area (Å²) in [7, 11) is -3.23. The summed E-state index contributed by atoms with van der Waals surface area (Å²) in [4.78, 5) is 4.09. The van der Waals surface area contributed by atoms with Crippen LogP contribution in [0.2, 0.25) is 0 Å². The van der Waals surface area contributed by atoms with Crippen molar-refractivity contribution in [1.82, 2.24) is 10.1 Å². The molecule has 0 saturated heterocycles. The summed E-state index contributed by atoms with van der Waals surface area (Å²) < 4.78 is 28.8. The molecule has 2 heterocycles. The van der Waals surface area contributed by atoms with Gasteiger partial charge in [0.05, 0.1) is 11.3 Å². The Morgan fingerprint density at radius 3 is 2.85 bits per heavy atom. The Morgan fingerprint density at radius 1 is 1.30 bits per heavy atom. The minimum Gasteiger partial charge on any atom is -0.396 e. The number of aliphatic hydroxyl groups is 1. The van der Waals surface area contributed by atoms with Gasteiger partial charge in [-0.1, -0.05) is 11.6 Å². The van der Waals surface area contributed by atoms with Crippen LogP contribution in [0, 0.1) is 0 Å². The van der Waals surface area contributed by atoms with Crippen LogP contribution >= 0.6 is 11.3 Å². The molecule has 0 aliphatic carbocycles. The molecule has 2 rings (SSSR count). The van der Waals surface area contributed by atoms with Crippen LogP contribution in [0.25, 0.3) is 11.5 Å². The summed E-state index contributed by atoms with van der Waals surface area (Å²) >= 11 is 1.51. The number of aliphatic hydroxyl groups excluding tert-OH is 1. The first-order valence-corrected chi connectivity index (χ1v) is 9.03. The van der Waals surface area contributed by atoms with Crippen LogP contribution in [0.1, 0.15) is 25.1 Å². The van der Waals surface area contributed by atoms with E-state index in [1.807, 2.05) is 16.8 Å². The third kappa shape index (κ3) is 4.39. The van der Waals surface area contributed by atoms with Gasteiger partial charge in [0.15, 0.2) is 15.7 Å². The Hall–Kier alpha value is -1.25. The minimum atomic E-state index is -3.23. The van der Waals surface area contributed by atoms with Gasteiger partial charge in [0.25, 0.3) is 5.89 Å². The topological polar surface area (TPSA) is 93.3 Å². The molecule has 2 aromatic heterocycles. The van der Waals surface area contributed by atoms with Gasteiger partial charge in [-0.3, -0.25) is 0 Å².